The number of nitrogens with zero attached hydrogens (tertiary/aromatic N) is 1. The number of aliphatic imine (C=N–C) groups is 1. The topological polar surface area (TPSA) is 55.7 Å². The number of ether oxygens (including phenoxy) is 1. The molecule has 0 aliphatic carbocycles. The predicted molar refractivity (Wildman–Crippen MR) is 107 cm³/mol. The molecular weight excluding hydrogens is 434 g/mol. The number of halogens is 4. The lowest BCUT2D eigenvalue weighted by atomic mass is 10.0. The first kappa shape index (κ1) is 21.0. The van der Waals surface area contributed by atoms with Gasteiger partial charge in [0, 0.05) is 0 Å². The number of hydrogen-bond donors (Lipinski definition) is 0. The van der Waals surface area contributed by atoms with Crippen LogP contribution in [-0.2, 0) is 14.6 Å². The van der Waals surface area contributed by atoms with Crippen LogP contribution in [0.3, 0.4) is 0 Å². The molecule has 0 saturated carbocycles. The van der Waals surface area contributed by atoms with E-state index in [0.717, 1.165) is 35.4 Å². The van der Waals surface area contributed by atoms with Crippen LogP contribution in [0.4, 0.5) is 17.6 Å². The Morgan fingerprint density at radius 1 is 0.871 bits per heavy atom. The molecule has 0 aromatic heterocycles. The molecule has 0 amide bonds. The maximum absolute atomic E-state index is 13.9. The van der Waals surface area contributed by atoms with Crippen LogP contribution < -0.4 is 0 Å². The zero-order chi connectivity index (χ0) is 22.2. The fraction of sp³-hybridized carbons (Fsp3) is 0.136. The summed E-state index contributed by atoms with van der Waals surface area (Å²) in [4.78, 5) is 3.83. The highest BCUT2D eigenvalue weighted by atomic mass is 32.2. The predicted octanol–water partition coefficient (Wildman–Crippen LogP) is 5.15. The Hall–Kier alpha value is -3.20. The number of hydrogen-bond acceptors (Lipinski definition) is 4. The second-order valence-corrected chi connectivity index (χ2v) is 8.73. The minimum Gasteiger partial charge on any atom is -0.475 e. The summed E-state index contributed by atoms with van der Waals surface area (Å²) < 4.78 is 81.6. The summed E-state index contributed by atoms with van der Waals surface area (Å²) >= 11 is 0. The van der Waals surface area contributed by atoms with Crippen LogP contribution in [0.15, 0.2) is 76.6 Å². The molecule has 31 heavy (non-hydrogen) atoms. The van der Waals surface area contributed by atoms with Crippen molar-refractivity contribution in [3.8, 4) is 11.1 Å². The molecule has 4 rings (SSSR count). The van der Waals surface area contributed by atoms with Gasteiger partial charge >= 0.3 is 5.76 Å². The molecular formula is C22H15F4NO3S. The third kappa shape index (κ3) is 4.05. The van der Waals surface area contributed by atoms with Crippen molar-refractivity contribution in [1.82, 2.24) is 0 Å². The highest BCUT2D eigenvalue weighted by Gasteiger charge is 2.27. The van der Waals surface area contributed by atoms with Crippen molar-refractivity contribution in [2.75, 3.05) is 6.61 Å². The van der Waals surface area contributed by atoms with E-state index in [0.29, 0.717) is 5.56 Å². The van der Waals surface area contributed by atoms with Crippen molar-refractivity contribution in [2.24, 2.45) is 4.99 Å². The number of benzene rings is 3. The van der Waals surface area contributed by atoms with Crippen LogP contribution >= 0.6 is 0 Å². The number of rotatable bonds is 5. The molecule has 0 bridgehead atoms. The van der Waals surface area contributed by atoms with Gasteiger partial charge in [-0.05, 0) is 41.0 Å². The normalized spacial score (nSPS) is 16.3. The Morgan fingerprint density at radius 2 is 1.42 bits per heavy atom. The largest absolute Gasteiger partial charge is 0.475 e. The van der Waals surface area contributed by atoms with Gasteiger partial charge in [0.1, 0.15) is 29.8 Å². The summed E-state index contributed by atoms with van der Waals surface area (Å²) in [5.74, 6) is -5.09. The summed E-state index contributed by atoms with van der Waals surface area (Å²) in [6.07, 6.45) is 0. The molecule has 1 atom stereocenters. The SMILES string of the molecule is O=S(=O)(c1ccc(-c2ccc(C3COC(c4c(F)cccc4F)=N3)cc2)cc1)C(F)F. The van der Waals surface area contributed by atoms with E-state index < -0.39 is 38.2 Å². The Balaban J connectivity index is 1.55. The van der Waals surface area contributed by atoms with Gasteiger partial charge in [-0.25, -0.2) is 22.2 Å². The van der Waals surface area contributed by atoms with Crippen LogP contribution in [0.5, 0.6) is 0 Å². The molecule has 0 spiro atoms. The molecule has 1 aliphatic heterocycles. The summed E-state index contributed by atoms with van der Waals surface area (Å²) in [5.41, 5.74) is 1.82. The second-order valence-electron chi connectivity index (χ2n) is 6.81. The molecule has 3 aromatic carbocycles. The van der Waals surface area contributed by atoms with Crippen molar-refractivity contribution in [2.45, 2.75) is 16.7 Å². The Bertz CT molecular complexity index is 1220. The van der Waals surface area contributed by atoms with Gasteiger partial charge in [0.05, 0.1) is 4.90 Å². The Labute approximate surface area is 175 Å². The summed E-state index contributed by atoms with van der Waals surface area (Å²) in [6, 6.07) is 15.3. The molecule has 3 aromatic rings. The van der Waals surface area contributed by atoms with Gasteiger partial charge in [-0.3, -0.25) is 0 Å². The highest BCUT2D eigenvalue weighted by Crippen LogP contribution is 2.30. The first-order valence-electron chi connectivity index (χ1n) is 9.15. The van der Waals surface area contributed by atoms with Gasteiger partial charge in [-0.2, -0.15) is 8.78 Å². The molecule has 160 valence electrons. The van der Waals surface area contributed by atoms with Crippen LogP contribution in [-0.4, -0.2) is 26.7 Å². The van der Waals surface area contributed by atoms with Crippen LogP contribution in [0.25, 0.3) is 11.1 Å². The van der Waals surface area contributed by atoms with Gasteiger partial charge in [0.2, 0.25) is 15.7 Å². The lowest BCUT2D eigenvalue weighted by Gasteiger charge is -2.08. The number of sulfone groups is 1. The Morgan fingerprint density at radius 3 is 1.97 bits per heavy atom. The quantitative estimate of drug-likeness (QED) is 0.507. The molecule has 1 unspecified atom stereocenters. The standard InChI is InChI=1S/C22H15F4NO3S/c23-17-2-1-3-18(24)20(17)21-27-19(12-30-21)15-6-4-13(5-7-15)14-8-10-16(11-9-14)31(28,29)22(25)26/h1-11,19,22H,12H2. The zero-order valence-corrected chi connectivity index (χ0v) is 16.6. The van der Waals surface area contributed by atoms with E-state index in [1.165, 1.54) is 18.2 Å². The third-order valence-corrected chi connectivity index (χ3v) is 6.27. The summed E-state index contributed by atoms with van der Waals surface area (Å²) in [7, 11) is -4.64. The van der Waals surface area contributed by atoms with Crippen molar-refractivity contribution in [1.29, 1.82) is 0 Å². The van der Waals surface area contributed by atoms with E-state index in [9.17, 15) is 26.0 Å². The van der Waals surface area contributed by atoms with Crippen molar-refractivity contribution in [3.05, 3.63) is 89.5 Å². The average Bonchev–Trinajstić information content (AvgIpc) is 3.23. The summed E-state index contributed by atoms with van der Waals surface area (Å²) in [5, 5.41) is 0. The smallest absolute Gasteiger partial charge is 0.341 e. The molecule has 0 fully saturated rings. The van der Waals surface area contributed by atoms with E-state index >= 15 is 0 Å². The van der Waals surface area contributed by atoms with Crippen molar-refractivity contribution >= 4 is 15.7 Å². The maximum Gasteiger partial charge on any atom is 0.341 e. The van der Waals surface area contributed by atoms with Crippen LogP contribution in [0.1, 0.15) is 17.2 Å². The first-order chi connectivity index (χ1) is 14.8. The van der Waals surface area contributed by atoms with Gasteiger partial charge in [0.15, 0.2) is 0 Å². The number of alkyl halides is 2. The van der Waals surface area contributed by atoms with Crippen molar-refractivity contribution in [3.63, 3.8) is 0 Å². The average molecular weight is 449 g/mol. The maximum atomic E-state index is 13.9. The molecule has 0 N–H and O–H groups in total. The minimum absolute atomic E-state index is 0.0968. The van der Waals surface area contributed by atoms with E-state index in [4.69, 9.17) is 4.74 Å². The monoisotopic (exact) mass is 449 g/mol. The van der Waals surface area contributed by atoms with Gasteiger partial charge in [-0.1, -0.05) is 42.5 Å². The fourth-order valence-corrected chi connectivity index (χ4v) is 3.94. The van der Waals surface area contributed by atoms with E-state index in [1.807, 2.05) is 0 Å². The zero-order valence-electron chi connectivity index (χ0n) is 15.8. The highest BCUT2D eigenvalue weighted by molar-refractivity contribution is 7.91. The molecule has 1 heterocycles. The molecule has 4 nitrogen and oxygen atoms in total. The summed E-state index contributed by atoms with van der Waals surface area (Å²) in [6.45, 7) is 0.128. The minimum atomic E-state index is -4.64. The van der Waals surface area contributed by atoms with Crippen LogP contribution in [0.2, 0.25) is 0 Å². The lowest BCUT2D eigenvalue weighted by molar-refractivity contribution is 0.234. The fourth-order valence-electron chi connectivity index (χ4n) is 3.22. The lowest BCUT2D eigenvalue weighted by Crippen LogP contribution is -2.11. The van der Waals surface area contributed by atoms with Gasteiger partial charge in [-0.15, -0.1) is 0 Å². The molecule has 0 saturated heterocycles. The molecule has 0 radical (unpaired) electrons. The first-order valence-corrected chi connectivity index (χ1v) is 10.7. The van der Waals surface area contributed by atoms with Gasteiger partial charge in [0.25, 0.3) is 0 Å². The molecule has 1 aliphatic rings. The third-order valence-electron chi connectivity index (χ3n) is 4.87. The second kappa shape index (κ2) is 8.14. The van der Waals surface area contributed by atoms with E-state index in [1.54, 1.807) is 24.3 Å². The van der Waals surface area contributed by atoms with E-state index in [2.05, 4.69) is 4.99 Å². The van der Waals surface area contributed by atoms with E-state index in [-0.39, 0.29) is 18.1 Å². The van der Waals surface area contributed by atoms with Crippen LogP contribution in [0, 0.1) is 11.6 Å². The van der Waals surface area contributed by atoms with Gasteiger partial charge < -0.3 is 4.74 Å². The Kier molecular flexibility index (Phi) is 5.53. The van der Waals surface area contributed by atoms with Crippen molar-refractivity contribution < 1.29 is 30.7 Å². The molecule has 9 heteroatoms.